The van der Waals surface area contributed by atoms with Gasteiger partial charge in [0.25, 0.3) is 0 Å². The molecule has 0 spiro atoms. The Hall–Kier alpha value is -4.71. The van der Waals surface area contributed by atoms with E-state index in [0.717, 1.165) is 141 Å². The molecule has 0 rings (SSSR count). The molecule has 0 N–H and O–H groups in total. The van der Waals surface area contributed by atoms with E-state index < -0.39 is 6.10 Å². The molecule has 0 heterocycles. The smallest absolute Gasteiger partial charge is 0.306 e. The molecule has 0 bridgehead atoms. The summed E-state index contributed by atoms with van der Waals surface area (Å²) in [5, 5.41) is 0. The summed E-state index contributed by atoms with van der Waals surface area (Å²) in [4.78, 5) is 38.2. The molecule has 6 heteroatoms. The number of hydrogen-bond donors (Lipinski definition) is 0. The zero-order chi connectivity index (χ0) is 54.3. The predicted octanol–water partition coefficient (Wildman–Crippen LogP) is 20.8. The normalized spacial score (nSPS) is 13.2. The van der Waals surface area contributed by atoms with Gasteiger partial charge in [0, 0.05) is 19.3 Å². The highest BCUT2D eigenvalue weighted by Gasteiger charge is 2.19. The average Bonchev–Trinajstić information content (AvgIpc) is 3.41. The summed E-state index contributed by atoms with van der Waals surface area (Å²) in [6.45, 7) is 6.35. The van der Waals surface area contributed by atoms with Crippen LogP contribution in [0, 0.1) is 0 Å². The number of hydrogen-bond acceptors (Lipinski definition) is 6. The van der Waals surface area contributed by atoms with Gasteiger partial charge in [-0.2, -0.15) is 0 Å². The largest absolute Gasteiger partial charge is 0.462 e. The standard InChI is InChI=1S/C69H110O6/c1-4-7-10-13-16-19-22-25-27-28-29-30-31-32-33-34-35-36-37-38-39-40-42-44-47-50-53-56-59-62-68(71)74-65-66(64-73-67(70)61-58-55-52-49-46-43-24-21-18-15-12-9-6-3)75-69(72)63-60-57-54-51-48-45-41-26-23-20-17-14-11-8-5-2/h7-8,10-11,16-17,19-20,25-27,29-30,32-33,35-36,38-39,41-42,44,48,51,66H,4-6,9,12-15,18,21-24,28,31,34,37,40,43,45-47,49-50,52-65H2,1-3H3/b10-7-,11-8-,19-16-,20-17-,27-25-,30-29-,33-32-,36-35-,39-38-,41-26-,44-42-,51-48-. The van der Waals surface area contributed by atoms with Crippen molar-refractivity contribution in [2.24, 2.45) is 0 Å². The summed E-state index contributed by atoms with van der Waals surface area (Å²) in [5.41, 5.74) is 0. The Morgan fingerprint density at radius 1 is 0.280 bits per heavy atom. The second kappa shape index (κ2) is 61.8. The van der Waals surface area contributed by atoms with Crippen molar-refractivity contribution in [3.05, 3.63) is 146 Å². The lowest BCUT2D eigenvalue weighted by molar-refractivity contribution is -0.167. The highest BCUT2D eigenvalue weighted by atomic mass is 16.6. The second-order valence-electron chi connectivity index (χ2n) is 19.5. The Morgan fingerprint density at radius 2 is 0.520 bits per heavy atom. The highest BCUT2D eigenvalue weighted by Crippen LogP contribution is 2.14. The number of ether oxygens (including phenoxy) is 3. The van der Waals surface area contributed by atoms with E-state index in [2.05, 4.69) is 167 Å². The first-order valence-electron chi connectivity index (χ1n) is 30.3. The molecular weight excluding hydrogens is 925 g/mol. The van der Waals surface area contributed by atoms with Gasteiger partial charge in [0.2, 0.25) is 0 Å². The Bertz CT molecular complexity index is 1660. The Kier molecular flexibility index (Phi) is 58.0. The van der Waals surface area contributed by atoms with Crippen molar-refractivity contribution in [3.8, 4) is 0 Å². The maximum Gasteiger partial charge on any atom is 0.306 e. The Balaban J connectivity index is 4.42. The number of unbranched alkanes of at least 4 members (excludes halogenated alkanes) is 18. The maximum absolute atomic E-state index is 12.8. The van der Waals surface area contributed by atoms with Crippen LogP contribution in [0.25, 0.3) is 0 Å². The summed E-state index contributed by atoms with van der Waals surface area (Å²) < 4.78 is 16.8. The van der Waals surface area contributed by atoms with E-state index >= 15 is 0 Å². The molecule has 0 aromatic carbocycles. The summed E-state index contributed by atoms with van der Waals surface area (Å²) in [5.74, 6) is -0.978. The van der Waals surface area contributed by atoms with E-state index in [4.69, 9.17) is 14.2 Å². The Morgan fingerprint density at radius 3 is 0.840 bits per heavy atom. The minimum atomic E-state index is -0.815. The summed E-state index contributed by atoms with van der Waals surface area (Å²) in [6, 6.07) is 0. The number of rotatable bonds is 53. The third kappa shape index (κ3) is 60.0. The van der Waals surface area contributed by atoms with Crippen molar-refractivity contribution < 1.29 is 28.6 Å². The van der Waals surface area contributed by atoms with Crippen LogP contribution < -0.4 is 0 Å². The lowest BCUT2D eigenvalue weighted by atomic mass is 10.0. The molecule has 75 heavy (non-hydrogen) atoms. The minimum absolute atomic E-state index is 0.106. The maximum atomic E-state index is 12.8. The van der Waals surface area contributed by atoms with Gasteiger partial charge < -0.3 is 14.2 Å². The second-order valence-corrected chi connectivity index (χ2v) is 19.5. The van der Waals surface area contributed by atoms with Gasteiger partial charge in [-0.15, -0.1) is 0 Å². The van der Waals surface area contributed by atoms with E-state index in [1.807, 2.05) is 0 Å². The van der Waals surface area contributed by atoms with Gasteiger partial charge in [-0.25, -0.2) is 0 Å². The summed E-state index contributed by atoms with van der Waals surface area (Å²) in [6.07, 6.45) is 88.5. The van der Waals surface area contributed by atoms with Crippen molar-refractivity contribution in [1.82, 2.24) is 0 Å². The molecule has 0 aliphatic rings. The van der Waals surface area contributed by atoms with Crippen LogP contribution in [0.1, 0.15) is 252 Å². The monoisotopic (exact) mass is 1030 g/mol. The summed E-state index contributed by atoms with van der Waals surface area (Å²) in [7, 11) is 0. The van der Waals surface area contributed by atoms with Gasteiger partial charge in [0.15, 0.2) is 6.10 Å². The molecule has 422 valence electrons. The van der Waals surface area contributed by atoms with Crippen molar-refractivity contribution in [1.29, 1.82) is 0 Å². The Labute approximate surface area is 461 Å². The lowest BCUT2D eigenvalue weighted by Crippen LogP contribution is -2.30. The third-order valence-corrected chi connectivity index (χ3v) is 12.3. The third-order valence-electron chi connectivity index (χ3n) is 12.3. The zero-order valence-electron chi connectivity index (χ0n) is 48.3. The SMILES string of the molecule is CC/C=C\C/C=C\C/C=C\C/C=C\C/C=C\C/C=C\C/C=C\C/C=C\CCCCCCC(=O)OCC(COC(=O)CCCCCCCCCCCCCCC)OC(=O)CCCC/C=C\C/C=C\C/C=C\C/C=C\CC. The predicted molar refractivity (Wildman–Crippen MR) is 325 cm³/mol. The topological polar surface area (TPSA) is 78.9 Å². The molecule has 0 fully saturated rings. The molecule has 0 radical (unpaired) electrons. The fourth-order valence-corrected chi connectivity index (χ4v) is 7.86. The van der Waals surface area contributed by atoms with Crippen molar-refractivity contribution in [2.45, 2.75) is 258 Å². The molecule has 1 atom stereocenters. The van der Waals surface area contributed by atoms with E-state index in [1.165, 1.54) is 64.2 Å². The lowest BCUT2D eigenvalue weighted by Gasteiger charge is -2.18. The molecule has 6 nitrogen and oxygen atoms in total. The van der Waals surface area contributed by atoms with Crippen LogP contribution in [0.15, 0.2) is 146 Å². The van der Waals surface area contributed by atoms with Crippen molar-refractivity contribution >= 4 is 17.9 Å². The first-order chi connectivity index (χ1) is 37.0. The van der Waals surface area contributed by atoms with Crippen LogP contribution in [-0.4, -0.2) is 37.2 Å². The van der Waals surface area contributed by atoms with Crippen LogP contribution in [0.2, 0.25) is 0 Å². The number of carbonyl (C=O) groups is 3. The molecular formula is C69H110O6. The molecule has 0 aliphatic heterocycles. The molecule has 0 saturated heterocycles. The number of esters is 3. The molecule has 0 aromatic rings. The van der Waals surface area contributed by atoms with E-state index in [0.29, 0.717) is 19.3 Å². The van der Waals surface area contributed by atoms with Gasteiger partial charge in [0.05, 0.1) is 0 Å². The van der Waals surface area contributed by atoms with Crippen LogP contribution in [0.4, 0.5) is 0 Å². The van der Waals surface area contributed by atoms with E-state index in [9.17, 15) is 14.4 Å². The molecule has 0 aliphatic carbocycles. The van der Waals surface area contributed by atoms with E-state index in [-0.39, 0.29) is 37.5 Å². The summed E-state index contributed by atoms with van der Waals surface area (Å²) >= 11 is 0. The van der Waals surface area contributed by atoms with Crippen molar-refractivity contribution in [3.63, 3.8) is 0 Å². The number of allylic oxidation sites excluding steroid dienone is 24. The van der Waals surface area contributed by atoms with Crippen LogP contribution in [-0.2, 0) is 28.6 Å². The first kappa shape index (κ1) is 70.3. The first-order valence-corrected chi connectivity index (χ1v) is 30.3. The quantitative estimate of drug-likeness (QED) is 0.0261. The van der Waals surface area contributed by atoms with Crippen LogP contribution >= 0.6 is 0 Å². The van der Waals surface area contributed by atoms with Gasteiger partial charge in [-0.05, 0) is 122 Å². The minimum Gasteiger partial charge on any atom is -0.462 e. The van der Waals surface area contributed by atoms with Gasteiger partial charge >= 0.3 is 17.9 Å². The molecule has 0 saturated carbocycles. The van der Waals surface area contributed by atoms with Gasteiger partial charge in [0.1, 0.15) is 13.2 Å². The molecule has 0 aromatic heterocycles. The van der Waals surface area contributed by atoms with Gasteiger partial charge in [-0.1, -0.05) is 256 Å². The fourth-order valence-electron chi connectivity index (χ4n) is 7.86. The molecule has 0 amide bonds. The highest BCUT2D eigenvalue weighted by molar-refractivity contribution is 5.71. The average molecular weight is 1040 g/mol. The number of carbonyl (C=O) groups excluding carboxylic acids is 3. The van der Waals surface area contributed by atoms with E-state index in [1.54, 1.807) is 0 Å². The van der Waals surface area contributed by atoms with Crippen LogP contribution in [0.3, 0.4) is 0 Å². The fraction of sp³-hybridized carbons (Fsp3) is 0.609. The molecule has 1 unspecified atom stereocenters. The van der Waals surface area contributed by atoms with Crippen LogP contribution in [0.5, 0.6) is 0 Å². The van der Waals surface area contributed by atoms with Gasteiger partial charge in [-0.3, -0.25) is 14.4 Å². The zero-order valence-corrected chi connectivity index (χ0v) is 48.3. The van der Waals surface area contributed by atoms with Crippen molar-refractivity contribution in [2.75, 3.05) is 13.2 Å².